The minimum absolute atomic E-state index is 0.104. The molecule has 0 spiro atoms. The molecule has 7 heteroatoms. The van der Waals surface area contributed by atoms with Crippen LogP contribution in [0, 0.1) is 5.92 Å². The van der Waals surface area contributed by atoms with E-state index in [1.165, 1.54) is 5.56 Å². The van der Waals surface area contributed by atoms with E-state index in [1.54, 1.807) is 57.2 Å². The molecule has 0 bridgehead atoms. The molecule has 0 fully saturated rings. The molecule has 3 amide bonds. The van der Waals surface area contributed by atoms with E-state index in [4.69, 9.17) is 4.74 Å². The van der Waals surface area contributed by atoms with Crippen molar-refractivity contribution in [1.82, 2.24) is 10.9 Å². The Morgan fingerprint density at radius 1 is 0.862 bits per heavy atom. The van der Waals surface area contributed by atoms with E-state index < -0.39 is 17.9 Å². The van der Waals surface area contributed by atoms with Crippen LogP contribution in [0.3, 0.4) is 0 Å². The first-order valence-corrected chi connectivity index (χ1v) is 9.56. The maximum atomic E-state index is 12.2. The number of benzene rings is 2. The Kier molecular flexibility index (Phi) is 7.77. The minimum atomic E-state index is -0.781. The molecule has 29 heavy (non-hydrogen) atoms. The van der Waals surface area contributed by atoms with Crippen molar-refractivity contribution in [3.63, 3.8) is 0 Å². The largest absolute Gasteiger partial charge is 0.481 e. The average Bonchev–Trinajstić information content (AvgIpc) is 2.72. The van der Waals surface area contributed by atoms with Crippen molar-refractivity contribution in [2.75, 3.05) is 5.32 Å². The third-order valence-corrected chi connectivity index (χ3v) is 4.25. The highest BCUT2D eigenvalue weighted by Gasteiger charge is 2.16. The predicted octanol–water partition coefficient (Wildman–Crippen LogP) is 3.07. The lowest BCUT2D eigenvalue weighted by Gasteiger charge is -2.15. The van der Waals surface area contributed by atoms with E-state index in [-0.39, 0.29) is 11.8 Å². The highest BCUT2D eigenvalue weighted by molar-refractivity contribution is 5.97. The molecule has 0 radical (unpaired) electrons. The zero-order chi connectivity index (χ0) is 21.4. The molecule has 2 rings (SSSR count). The van der Waals surface area contributed by atoms with Crippen LogP contribution < -0.4 is 20.9 Å². The second-order valence-corrected chi connectivity index (χ2v) is 6.92. The zero-order valence-corrected chi connectivity index (χ0v) is 17.1. The summed E-state index contributed by atoms with van der Waals surface area (Å²) >= 11 is 0. The summed E-state index contributed by atoms with van der Waals surface area (Å²) in [5.41, 5.74) is 6.83. The number of hydrazine groups is 1. The predicted molar refractivity (Wildman–Crippen MR) is 111 cm³/mol. The van der Waals surface area contributed by atoms with Crippen LogP contribution >= 0.6 is 0 Å². The van der Waals surface area contributed by atoms with Gasteiger partial charge in [0.25, 0.3) is 11.8 Å². The molecule has 0 aliphatic rings. The standard InChI is InChI=1S/C22H27N3O4/c1-5-16-6-12-19(13-7-16)29-15(4)21(27)24-25-22(28)17-8-10-18(11-9-17)23-20(26)14(2)3/h6-15H,5H2,1-4H3,(H,23,26)(H,24,27)(H,25,28). The first-order chi connectivity index (χ1) is 13.8. The number of amides is 3. The lowest BCUT2D eigenvalue weighted by Crippen LogP contribution is -2.47. The van der Waals surface area contributed by atoms with Gasteiger partial charge in [-0.25, -0.2) is 0 Å². The van der Waals surface area contributed by atoms with Crippen LogP contribution in [0.15, 0.2) is 48.5 Å². The Morgan fingerprint density at radius 3 is 2.03 bits per heavy atom. The summed E-state index contributed by atoms with van der Waals surface area (Å²) in [6.45, 7) is 7.25. The van der Waals surface area contributed by atoms with Crippen molar-refractivity contribution in [3.05, 3.63) is 59.7 Å². The molecule has 0 saturated heterocycles. The van der Waals surface area contributed by atoms with Crippen molar-refractivity contribution in [1.29, 1.82) is 0 Å². The second kappa shape index (κ2) is 10.3. The highest BCUT2D eigenvalue weighted by atomic mass is 16.5. The lowest BCUT2D eigenvalue weighted by atomic mass is 10.1. The minimum Gasteiger partial charge on any atom is -0.481 e. The maximum Gasteiger partial charge on any atom is 0.279 e. The summed E-state index contributed by atoms with van der Waals surface area (Å²) in [6.07, 6.45) is 0.143. The van der Waals surface area contributed by atoms with Crippen LogP contribution in [0.1, 0.15) is 43.6 Å². The summed E-state index contributed by atoms with van der Waals surface area (Å²) in [7, 11) is 0. The molecule has 1 atom stereocenters. The van der Waals surface area contributed by atoms with Gasteiger partial charge in [-0.3, -0.25) is 25.2 Å². The fraction of sp³-hybridized carbons (Fsp3) is 0.318. The molecular formula is C22H27N3O4. The number of hydrogen-bond acceptors (Lipinski definition) is 4. The Morgan fingerprint density at radius 2 is 1.48 bits per heavy atom. The normalized spacial score (nSPS) is 11.5. The summed E-state index contributed by atoms with van der Waals surface area (Å²) in [6, 6.07) is 13.9. The van der Waals surface area contributed by atoms with E-state index in [1.807, 2.05) is 12.1 Å². The van der Waals surface area contributed by atoms with Crippen LogP contribution in [-0.2, 0) is 16.0 Å². The van der Waals surface area contributed by atoms with Crippen LogP contribution in [-0.4, -0.2) is 23.8 Å². The Hall–Kier alpha value is -3.35. The average molecular weight is 397 g/mol. The summed E-state index contributed by atoms with van der Waals surface area (Å²) in [5.74, 6) is -0.608. The van der Waals surface area contributed by atoms with Crippen molar-refractivity contribution in [2.24, 2.45) is 5.92 Å². The third-order valence-electron chi connectivity index (χ3n) is 4.25. The van der Waals surface area contributed by atoms with Gasteiger partial charge >= 0.3 is 0 Å². The van der Waals surface area contributed by atoms with E-state index in [0.29, 0.717) is 17.0 Å². The number of rotatable bonds is 7. The van der Waals surface area contributed by atoms with E-state index in [2.05, 4.69) is 23.1 Å². The molecule has 3 N–H and O–H groups in total. The smallest absolute Gasteiger partial charge is 0.279 e. The second-order valence-electron chi connectivity index (χ2n) is 6.92. The molecule has 0 aromatic heterocycles. The number of hydrogen-bond donors (Lipinski definition) is 3. The van der Waals surface area contributed by atoms with E-state index in [0.717, 1.165) is 6.42 Å². The number of carbonyl (C=O) groups is 3. The Balaban J connectivity index is 1.83. The van der Waals surface area contributed by atoms with Gasteiger partial charge in [0.1, 0.15) is 5.75 Å². The summed E-state index contributed by atoms with van der Waals surface area (Å²) in [5, 5.41) is 2.75. The molecule has 7 nitrogen and oxygen atoms in total. The molecule has 0 aliphatic heterocycles. The van der Waals surface area contributed by atoms with Crippen molar-refractivity contribution in [2.45, 2.75) is 40.2 Å². The first kappa shape index (κ1) is 21.9. The van der Waals surface area contributed by atoms with Gasteiger partial charge in [-0.1, -0.05) is 32.9 Å². The van der Waals surface area contributed by atoms with E-state index >= 15 is 0 Å². The van der Waals surface area contributed by atoms with Gasteiger partial charge in [-0.15, -0.1) is 0 Å². The topological polar surface area (TPSA) is 96.5 Å². The number of ether oxygens (including phenoxy) is 1. The van der Waals surface area contributed by atoms with Crippen molar-refractivity contribution >= 4 is 23.4 Å². The molecule has 2 aromatic carbocycles. The fourth-order valence-corrected chi connectivity index (χ4v) is 2.35. The molecule has 1 unspecified atom stereocenters. The van der Waals surface area contributed by atoms with Crippen LogP contribution in [0.4, 0.5) is 5.69 Å². The highest BCUT2D eigenvalue weighted by Crippen LogP contribution is 2.14. The summed E-state index contributed by atoms with van der Waals surface area (Å²) < 4.78 is 5.58. The van der Waals surface area contributed by atoms with Crippen molar-refractivity contribution in [3.8, 4) is 5.75 Å². The van der Waals surface area contributed by atoms with Gasteiger partial charge in [0.15, 0.2) is 6.10 Å². The number of anilines is 1. The van der Waals surface area contributed by atoms with Gasteiger partial charge in [-0.2, -0.15) is 0 Å². The fourth-order valence-electron chi connectivity index (χ4n) is 2.35. The van der Waals surface area contributed by atoms with Crippen LogP contribution in [0.25, 0.3) is 0 Å². The quantitative estimate of drug-likeness (QED) is 0.626. The Labute approximate surface area is 170 Å². The first-order valence-electron chi connectivity index (χ1n) is 9.56. The Bertz CT molecular complexity index is 845. The zero-order valence-electron chi connectivity index (χ0n) is 17.1. The van der Waals surface area contributed by atoms with Gasteiger partial charge < -0.3 is 10.1 Å². The molecule has 0 heterocycles. The number of carbonyl (C=O) groups excluding carboxylic acids is 3. The van der Waals surface area contributed by atoms with Gasteiger partial charge in [0, 0.05) is 17.2 Å². The maximum absolute atomic E-state index is 12.2. The lowest BCUT2D eigenvalue weighted by molar-refractivity contribution is -0.128. The third kappa shape index (κ3) is 6.64. The SMILES string of the molecule is CCc1ccc(OC(C)C(=O)NNC(=O)c2ccc(NC(=O)C(C)C)cc2)cc1. The van der Waals surface area contributed by atoms with E-state index in [9.17, 15) is 14.4 Å². The van der Waals surface area contributed by atoms with Crippen LogP contribution in [0.2, 0.25) is 0 Å². The van der Waals surface area contributed by atoms with Crippen LogP contribution in [0.5, 0.6) is 5.75 Å². The molecule has 154 valence electrons. The summed E-state index contributed by atoms with van der Waals surface area (Å²) in [4.78, 5) is 36.0. The van der Waals surface area contributed by atoms with Gasteiger partial charge in [-0.05, 0) is 55.3 Å². The number of aryl methyl sites for hydroxylation is 1. The monoisotopic (exact) mass is 397 g/mol. The molecule has 0 saturated carbocycles. The van der Waals surface area contributed by atoms with Gasteiger partial charge in [0.2, 0.25) is 5.91 Å². The van der Waals surface area contributed by atoms with Crippen molar-refractivity contribution < 1.29 is 19.1 Å². The molecule has 2 aromatic rings. The number of nitrogens with one attached hydrogen (secondary N) is 3. The molecule has 0 aliphatic carbocycles. The molecular weight excluding hydrogens is 370 g/mol. The van der Waals surface area contributed by atoms with Gasteiger partial charge in [0.05, 0.1) is 0 Å².